The van der Waals surface area contributed by atoms with Crippen LogP contribution in [0.3, 0.4) is 0 Å². The lowest BCUT2D eigenvalue weighted by Gasteiger charge is -2.33. The molecule has 0 unspecified atom stereocenters. The van der Waals surface area contributed by atoms with Gasteiger partial charge in [0.15, 0.2) is 11.5 Å². The lowest BCUT2D eigenvalue weighted by molar-refractivity contribution is 0.0820. The molecule has 200 valence electrons. The lowest BCUT2D eigenvalue weighted by Crippen LogP contribution is -2.50. The van der Waals surface area contributed by atoms with Gasteiger partial charge in [0.25, 0.3) is 5.91 Å². The fraction of sp³-hybridized carbons (Fsp3) is 0.370. The minimum absolute atomic E-state index is 0.0320. The standard InChI is InChI=1S/C27H28FN9OS/c1-16-20-6-2-3-7-21(20)32-22(31-16)14-37-25(38)23-24(35-10-8-30-26(35)37)33-27(34-9-4-5-18(29)12-34)36(23)13-19-11-17(28)15-39-19/h2-3,6-7,11,15,18H,4-5,8-10,12-14,29H2,1H3/t18-/m1/s1. The van der Waals surface area contributed by atoms with Gasteiger partial charge in [-0.15, -0.1) is 11.3 Å². The maximum atomic E-state index is 14.3. The molecule has 12 heteroatoms. The summed E-state index contributed by atoms with van der Waals surface area (Å²) in [7, 11) is 0. The van der Waals surface area contributed by atoms with Crippen LogP contribution in [-0.2, 0) is 13.1 Å². The Kier molecular flexibility index (Phi) is 5.81. The molecule has 1 fully saturated rings. The van der Waals surface area contributed by atoms with Crippen molar-refractivity contribution in [3.05, 3.63) is 63.6 Å². The summed E-state index contributed by atoms with van der Waals surface area (Å²) in [6.45, 7) is 5.10. The molecule has 0 aliphatic carbocycles. The normalized spacial score (nSPS) is 19.1. The number of guanidine groups is 1. The number of imidazole rings is 1. The smallest absolute Gasteiger partial charge is 0.281 e. The van der Waals surface area contributed by atoms with Crippen molar-refractivity contribution < 1.29 is 9.18 Å². The Balaban J connectivity index is 1.32. The summed E-state index contributed by atoms with van der Waals surface area (Å²) < 4.78 is 15.9. The largest absolute Gasteiger partial charge is 0.341 e. The van der Waals surface area contributed by atoms with Crippen LogP contribution < -0.4 is 15.5 Å². The molecule has 1 saturated heterocycles. The number of aliphatic imine (C=N–C) groups is 1. The zero-order valence-electron chi connectivity index (χ0n) is 21.5. The molecule has 2 N–H and O–H groups in total. The molecule has 3 aliphatic rings. The molecule has 1 amide bonds. The highest BCUT2D eigenvalue weighted by Gasteiger charge is 2.43. The van der Waals surface area contributed by atoms with Crippen molar-refractivity contribution in [1.82, 2.24) is 24.4 Å². The van der Waals surface area contributed by atoms with Gasteiger partial charge in [0.05, 0.1) is 25.2 Å². The number of anilines is 2. The fourth-order valence-electron chi connectivity index (χ4n) is 5.74. The zero-order chi connectivity index (χ0) is 26.7. The summed E-state index contributed by atoms with van der Waals surface area (Å²) in [5.74, 6) is 1.89. The predicted molar refractivity (Wildman–Crippen MR) is 149 cm³/mol. The van der Waals surface area contributed by atoms with E-state index in [4.69, 9.17) is 20.7 Å². The SMILES string of the molecule is Cc1nc(CN2C(=O)c3c(nc(N4CCC[C@@H](N)C4)n3Cc3cc(F)cs3)N3CCN=C23)nc2ccccc12. The monoisotopic (exact) mass is 545 g/mol. The van der Waals surface area contributed by atoms with Crippen LogP contribution in [0.15, 0.2) is 40.7 Å². The molecule has 0 bridgehead atoms. The zero-order valence-corrected chi connectivity index (χ0v) is 22.4. The molecule has 0 saturated carbocycles. The highest BCUT2D eigenvalue weighted by Crippen LogP contribution is 2.36. The van der Waals surface area contributed by atoms with Gasteiger partial charge in [-0.3, -0.25) is 24.2 Å². The molecule has 4 aromatic rings. The molecule has 0 spiro atoms. The number of rotatable bonds is 5. The lowest BCUT2D eigenvalue weighted by atomic mass is 10.1. The Labute approximate surface area is 228 Å². The first-order valence-corrected chi connectivity index (χ1v) is 14.0. The summed E-state index contributed by atoms with van der Waals surface area (Å²) in [4.78, 5) is 40.1. The Morgan fingerprint density at radius 1 is 1.15 bits per heavy atom. The number of piperidine rings is 1. The van der Waals surface area contributed by atoms with Crippen molar-refractivity contribution >= 4 is 45.9 Å². The molecule has 10 nitrogen and oxygen atoms in total. The number of nitrogens with zero attached hydrogens (tertiary/aromatic N) is 8. The van der Waals surface area contributed by atoms with Crippen molar-refractivity contribution in [3.63, 3.8) is 0 Å². The summed E-state index contributed by atoms with van der Waals surface area (Å²) in [6, 6.07) is 9.40. The fourth-order valence-corrected chi connectivity index (χ4v) is 6.45. The number of fused-ring (bicyclic) bond motifs is 4. The molecule has 1 aromatic carbocycles. The Hall–Kier alpha value is -3.90. The van der Waals surface area contributed by atoms with Crippen LogP contribution in [0, 0.1) is 12.7 Å². The number of hydrogen-bond acceptors (Lipinski definition) is 9. The van der Waals surface area contributed by atoms with Gasteiger partial charge in [0.2, 0.25) is 11.9 Å². The molecule has 6 heterocycles. The Bertz CT molecular complexity index is 1630. The maximum Gasteiger partial charge on any atom is 0.281 e. The number of aromatic nitrogens is 4. The number of aryl methyl sites for hydroxylation is 1. The number of benzene rings is 1. The summed E-state index contributed by atoms with van der Waals surface area (Å²) in [5.41, 5.74) is 8.48. The molecule has 1 atom stereocenters. The van der Waals surface area contributed by atoms with Gasteiger partial charge >= 0.3 is 0 Å². The number of thiophene rings is 1. The van der Waals surface area contributed by atoms with Crippen molar-refractivity contribution in [2.45, 2.75) is 38.9 Å². The van der Waals surface area contributed by atoms with E-state index in [9.17, 15) is 9.18 Å². The Morgan fingerprint density at radius 2 is 2.03 bits per heavy atom. The number of carbonyl (C=O) groups is 1. The van der Waals surface area contributed by atoms with Gasteiger partial charge in [-0.1, -0.05) is 18.2 Å². The van der Waals surface area contributed by atoms with Crippen molar-refractivity contribution in [2.75, 3.05) is 36.0 Å². The summed E-state index contributed by atoms with van der Waals surface area (Å²) in [6.07, 6.45) is 1.90. The van der Waals surface area contributed by atoms with Crippen LogP contribution in [0.2, 0.25) is 0 Å². The van der Waals surface area contributed by atoms with E-state index in [1.54, 1.807) is 4.90 Å². The second-order valence-corrected chi connectivity index (χ2v) is 11.2. The topological polar surface area (TPSA) is 109 Å². The number of hydrogen-bond donors (Lipinski definition) is 1. The third kappa shape index (κ3) is 4.14. The van der Waals surface area contributed by atoms with E-state index in [0.717, 1.165) is 40.9 Å². The van der Waals surface area contributed by atoms with Gasteiger partial charge in [0.1, 0.15) is 11.6 Å². The first-order valence-electron chi connectivity index (χ1n) is 13.2. The van der Waals surface area contributed by atoms with Gasteiger partial charge in [0, 0.05) is 47.0 Å². The quantitative estimate of drug-likeness (QED) is 0.410. The third-order valence-corrected chi connectivity index (χ3v) is 8.40. The second kappa shape index (κ2) is 9.38. The minimum Gasteiger partial charge on any atom is -0.341 e. The van der Waals surface area contributed by atoms with Crippen LogP contribution in [0.4, 0.5) is 16.2 Å². The van der Waals surface area contributed by atoms with E-state index in [0.29, 0.717) is 55.4 Å². The third-order valence-electron chi connectivity index (χ3n) is 7.51. The Morgan fingerprint density at radius 3 is 2.85 bits per heavy atom. The molecular weight excluding hydrogens is 517 g/mol. The van der Waals surface area contributed by atoms with Gasteiger partial charge < -0.3 is 10.6 Å². The van der Waals surface area contributed by atoms with E-state index in [1.807, 2.05) is 40.7 Å². The van der Waals surface area contributed by atoms with Crippen LogP contribution in [0.25, 0.3) is 10.9 Å². The number of carbonyl (C=O) groups excluding carboxylic acids is 1. The van der Waals surface area contributed by atoms with Crippen LogP contribution in [0.5, 0.6) is 0 Å². The summed E-state index contributed by atoms with van der Waals surface area (Å²) in [5, 5.41) is 2.47. The van der Waals surface area contributed by atoms with Crippen LogP contribution in [-0.4, -0.2) is 68.5 Å². The number of halogens is 1. The molecule has 7 rings (SSSR count). The average molecular weight is 546 g/mol. The first-order chi connectivity index (χ1) is 19.0. The van der Waals surface area contributed by atoms with Crippen molar-refractivity contribution in [3.8, 4) is 0 Å². The van der Waals surface area contributed by atoms with E-state index in [2.05, 4.69) is 9.89 Å². The van der Waals surface area contributed by atoms with Gasteiger partial charge in [-0.05, 0) is 31.9 Å². The van der Waals surface area contributed by atoms with Gasteiger partial charge in [-0.25, -0.2) is 14.4 Å². The summed E-state index contributed by atoms with van der Waals surface area (Å²) >= 11 is 1.33. The number of nitrogens with two attached hydrogens (primary N) is 1. The van der Waals surface area contributed by atoms with E-state index in [1.165, 1.54) is 22.8 Å². The average Bonchev–Trinajstić information content (AvgIpc) is 3.66. The number of para-hydroxylation sites is 1. The van der Waals surface area contributed by atoms with Gasteiger partial charge in [-0.2, -0.15) is 4.98 Å². The molecule has 3 aliphatic heterocycles. The molecule has 39 heavy (non-hydrogen) atoms. The second-order valence-electron chi connectivity index (χ2n) is 10.2. The van der Waals surface area contributed by atoms with E-state index < -0.39 is 0 Å². The van der Waals surface area contributed by atoms with Crippen LogP contribution >= 0.6 is 11.3 Å². The first kappa shape index (κ1) is 24.2. The van der Waals surface area contributed by atoms with Crippen molar-refractivity contribution in [1.29, 1.82) is 0 Å². The van der Waals surface area contributed by atoms with E-state index >= 15 is 0 Å². The highest BCUT2D eigenvalue weighted by molar-refractivity contribution is 7.09. The molecule has 3 aromatic heterocycles. The highest BCUT2D eigenvalue weighted by atomic mass is 32.1. The van der Waals surface area contributed by atoms with Crippen molar-refractivity contribution in [2.24, 2.45) is 10.7 Å². The minimum atomic E-state index is -0.281. The molecule has 0 radical (unpaired) electrons. The number of amides is 1. The van der Waals surface area contributed by atoms with Crippen LogP contribution in [0.1, 0.15) is 39.7 Å². The van der Waals surface area contributed by atoms with E-state index in [-0.39, 0.29) is 24.3 Å². The maximum absolute atomic E-state index is 14.3. The molecular formula is C27H28FN9OS. The predicted octanol–water partition coefficient (Wildman–Crippen LogP) is 3.14.